The molecule has 0 aromatic heterocycles. The Morgan fingerprint density at radius 2 is 1.62 bits per heavy atom. The molecule has 2 aliphatic rings. The molecule has 1 saturated carbocycles. The Labute approximate surface area is 135 Å². The molecule has 3 N–H and O–H groups in total. The summed E-state index contributed by atoms with van der Waals surface area (Å²) in [5, 5.41) is 9.64. The van der Waals surface area contributed by atoms with E-state index >= 15 is 0 Å². The molecule has 2 fully saturated rings. The number of carbonyl (C=O) groups excluding carboxylic acids is 1. The van der Waals surface area contributed by atoms with Crippen molar-refractivity contribution in [3.8, 4) is 0 Å². The molecular formula is C14H20F6N2O2. The molecule has 0 bridgehead atoms. The van der Waals surface area contributed by atoms with Crippen LogP contribution in [0.15, 0.2) is 0 Å². The molecule has 0 radical (unpaired) electrons. The summed E-state index contributed by atoms with van der Waals surface area (Å²) in [5.41, 5.74) is 2.27. The second kappa shape index (κ2) is 6.36. The third-order valence-electron chi connectivity index (χ3n) is 5.20. The summed E-state index contributed by atoms with van der Waals surface area (Å²) < 4.78 is 78.3. The Morgan fingerprint density at radius 3 is 2.04 bits per heavy atom. The van der Waals surface area contributed by atoms with Gasteiger partial charge < -0.3 is 10.8 Å². The van der Waals surface area contributed by atoms with Crippen LogP contribution in [0.1, 0.15) is 38.5 Å². The summed E-state index contributed by atoms with van der Waals surface area (Å²) in [6, 6.07) is -2.60. The highest BCUT2D eigenvalue weighted by Gasteiger charge is 2.56. The molecule has 10 heteroatoms. The van der Waals surface area contributed by atoms with Gasteiger partial charge in [0.25, 0.3) is 0 Å². The lowest BCUT2D eigenvalue weighted by atomic mass is 9.79. The molecular weight excluding hydrogens is 342 g/mol. The van der Waals surface area contributed by atoms with Gasteiger partial charge in [0.2, 0.25) is 5.91 Å². The van der Waals surface area contributed by atoms with Gasteiger partial charge in [-0.25, -0.2) is 0 Å². The molecule has 2 atom stereocenters. The van der Waals surface area contributed by atoms with E-state index in [1.807, 2.05) is 0 Å². The highest BCUT2D eigenvalue weighted by Crippen LogP contribution is 2.44. The molecule has 0 spiro atoms. The van der Waals surface area contributed by atoms with Crippen molar-refractivity contribution in [2.75, 3.05) is 6.54 Å². The highest BCUT2D eigenvalue weighted by molar-refractivity contribution is 5.76. The molecule has 0 aromatic carbocycles. The molecule has 1 aliphatic heterocycles. The van der Waals surface area contributed by atoms with Gasteiger partial charge in [0, 0.05) is 12.0 Å². The number of hydrogen-bond acceptors (Lipinski definition) is 3. The van der Waals surface area contributed by atoms with Gasteiger partial charge in [0.05, 0.1) is 0 Å². The zero-order valence-corrected chi connectivity index (χ0v) is 12.8. The second-order valence-corrected chi connectivity index (χ2v) is 6.68. The maximum Gasteiger partial charge on any atom is 0.417 e. The summed E-state index contributed by atoms with van der Waals surface area (Å²) >= 11 is 0. The first kappa shape index (κ1) is 19.3. The number of hydrogen-bond donors (Lipinski definition) is 2. The summed E-state index contributed by atoms with van der Waals surface area (Å²) in [6.07, 6.45) is -11.3. The van der Waals surface area contributed by atoms with Gasteiger partial charge in [-0.15, -0.1) is 0 Å². The van der Waals surface area contributed by atoms with Gasteiger partial charge in [0.1, 0.15) is 6.04 Å². The minimum absolute atomic E-state index is 0.0487. The van der Waals surface area contributed by atoms with Crippen LogP contribution in [0.3, 0.4) is 0 Å². The first-order chi connectivity index (χ1) is 10.8. The van der Waals surface area contributed by atoms with Gasteiger partial charge in [0.15, 0.2) is 5.60 Å². The van der Waals surface area contributed by atoms with Crippen molar-refractivity contribution in [1.29, 1.82) is 0 Å². The van der Waals surface area contributed by atoms with Crippen LogP contribution in [0.4, 0.5) is 26.3 Å². The zero-order chi connectivity index (χ0) is 18.3. The fraction of sp³-hybridized carbons (Fsp3) is 0.929. The van der Waals surface area contributed by atoms with Crippen molar-refractivity contribution in [3.05, 3.63) is 0 Å². The van der Waals surface area contributed by atoms with Crippen LogP contribution in [-0.4, -0.2) is 52.5 Å². The van der Waals surface area contributed by atoms with Crippen molar-refractivity contribution >= 4 is 5.91 Å². The molecule has 140 valence electrons. The first-order valence-corrected chi connectivity index (χ1v) is 7.76. The number of amides is 1. The number of alkyl halides is 6. The van der Waals surface area contributed by atoms with E-state index in [9.17, 15) is 36.2 Å². The number of nitrogens with two attached hydrogens (primary N) is 1. The predicted octanol–water partition coefficient (Wildman–Crippen LogP) is 2.35. The Balaban J connectivity index is 2.09. The van der Waals surface area contributed by atoms with E-state index < -0.39 is 61.1 Å². The predicted molar refractivity (Wildman–Crippen MR) is 71.7 cm³/mol. The Kier molecular flexibility index (Phi) is 5.11. The molecule has 4 nitrogen and oxygen atoms in total. The zero-order valence-electron chi connectivity index (χ0n) is 12.8. The van der Waals surface area contributed by atoms with Crippen LogP contribution >= 0.6 is 0 Å². The smallest absolute Gasteiger partial charge is 0.380 e. The van der Waals surface area contributed by atoms with E-state index in [4.69, 9.17) is 5.73 Å². The number of primary amides is 1. The van der Waals surface area contributed by atoms with Crippen LogP contribution in [0.2, 0.25) is 0 Å². The standard InChI is InChI=1S/C14H20F6N2O2/c15-13(16,17)10-7-8(11(21)23)3-6-22(10)9-1-4-12(24,5-2-9)14(18,19)20/h8-10,24H,1-7H2,(H2,21,23). The lowest BCUT2D eigenvalue weighted by molar-refractivity contribution is -0.275. The number of rotatable bonds is 2. The fourth-order valence-corrected chi connectivity index (χ4v) is 3.70. The third kappa shape index (κ3) is 3.79. The summed E-state index contributed by atoms with van der Waals surface area (Å²) in [7, 11) is 0. The van der Waals surface area contributed by atoms with Crippen molar-refractivity contribution in [1.82, 2.24) is 4.90 Å². The quantitative estimate of drug-likeness (QED) is 0.741. The Bertz CT molecular complexity index is 471. The molecule has 1 saturated heterocycles. The number of halogens is 6. The largest absolute Gasteiger partial charge is 0.417 e. The van der Waals surface area contributed by atoms with E-state index in [0.717, 1.165) is 4.90 Å². The van der Waals surface area contributed by atoms with Crippen LogP contribution < -0.4 is 5.73 Å². The highest BCUT2D eigenvalue weighted by atomic mass is 19.4. The Morgan fingerprint density at radius 1 is 1.08 bits per heavy atom. The van der Waals surface area contributed by atoms with Crippen LogP contribution in [0, 0.1) is 5.92 Å². The average Bonchev–Trinajstić information content (AvgIpc) is 2.45. The molecule has 24 heavy (non-hydrogen) atoms. The van der Waals surface area contributed by atoms with E-state index in [1.54, 1.807) is 0 Å². The van der Waals surface area contributed by atoms with Crippen molar-refractivity contribution in [2.45, 2.75) is 68.6 Å². The van der Waals surface area contributed by atoms with E-state index in [0.29, 0.717) is 0 Å². The average molecular weight is 362 g/mol. The topological polar surface area (TPSA) is 66.6 Å². The fourth-order valence-electron chi connectivity index (χ4n) is 3.70. The number of carbonyl (C=O) groups is 1. The summed E-state index contributed by atoms with van der Waals surface area (Å²) in [4.78, 5) is 12.3. The maximum atomic E-state index is 13.3. The molecule has 1 aliphatic carbocycles. The molecule has 0 aromatic rings. The van der Waals surface area contributed by atoms with Crippen molar-refractivity contribution < 1.29 is 36.2 Å². The summed E-state index contributed by atoms with van der Waals surface area (Å²) in [5.74, 6) is -1.68. The first-order valence-electron chi connectivity index (χ1n) is 7.76. The van der Waals surface area contributed by atoms with Gasteiger partial charge in [-0.1, -0.05) is 0 Å². The van der Waals surface area contributed by atoms with E-state index in [2.05, 4.69) is 0 Å². The summed E-state index contributed by atoms with van der Waals surface area (Å²) in [6.45, 7) is -0.0487. The lowest BCUT2D eigenvalue weighted by Gasteiger charge is -2.47. The normalized spacial score (nSPS) is 36.5. The van der Waals surface area contributed by atoms with Crippen LogP contribution in [-0.2, 0) is 4.79 Å². The molecule has 2 unspecified atom stereocenters. The number of piperidine rings is 1. The van der Waals surface area contributed by atoms with Crippen LogP contribution in [0.25, 0.3) is 0 Å². The van der Waals surface area contributed by atoms with Gasteiger partial charge in [-0.2, -0.15) is 26.3 Å². The third-order valence-corrected chi connectivity index (χ3v) is 5.20. The van der Waals surface area contributed by atoms with E-state index in [-0.39, 0.29) is 25.8 Å². The minimum Gasteiger partial charge on any atom is -0.380 e. The second-order valence-electron chi connectivity index (χ2n) is 6.68. The van der Waals surface area contributed by atoms with Gasteiger partial charge in [-0.05, 0) is 45.1 Å². The van der Waals surface area contributed by atoms with Gasteiger partial charge >= 0.3 is 12.4 Å². The van der Waals surface area contributed by atoms with E-state index in [1.165, 1.54) is 0 Å². The van der Waals surface area contributed by atoms with Crippen molar-refractivity contribution in [2.24, 2.45) is 11.7 Å². The Hall–Kier alpha value is -1.03. The minimum atomic E-state index is -4.79. The number of nitrogens with zero attached hydrogens (tertiary/aromatic N) is 1. The lowest BCUT2D eigenvalue weighted by Crippen LogP contribution is -2.58. The maximum absolute atomic E-state index is 13.3. The molecule has 1 amide bonds. The SMILES string of the molecule is NC(=O)C1CCN(C2CCC(O)(C(F)(F)F)CC2)C(C(F)(F)F)C1. The molecule has 1 heterocycles. The number of likely N-dealkylation sites (tertiary alicyclic amines) is 1. The monoisotopic (exact) mass is 362 g/mol. The molecule has 2 rings (SSSR count). The van der Waals surface area contributed by atoms with Gasteiger partial charge in [-0.3, -0.25) is 9.69 Å². The number of aliphatic hydroxyl groups is 1. The van der Waals surface area contributed by atoms with Crippen molar-refractivity contribution in [3.63, 3.8) is 0 Å². The van der Waals surface area contributed by atoms with Crippen LogP contribution in [0.5, 0.6) is 0 Å².